The number of amides is 1. The lowest BCUT2D eigenvalue weighted by molar-refractivity contribution is 0.0944. The number of fused-ring (bicyclic) bond motifs is 2. The Morgan fingerprint density at radius 1 is 1.28 bits per heavy atom. The predicted octanol–water partition coefficient (Wildman–Crippen LogP) is 3.21. The number of pyridine rings is 1. The van der Waals surface area contributed by atoms with Gasteiger partial charge in [-0.05, 0) is 55.5 Å². The highest BCUT2D eigenvalue weighted by Gasteiger charge is 2.17. The summed E-state index contributed by atoms with van der Waals surface area (Å²) in [6.45, 7) is 5.15. The topological polar surface area (TPSA) is 55.6 Å². The summed E-state index contributed by atoms with van der Waals surface area (Å²) in [5.74, 6) is 0.860. The molecule has 0 bridgehead atoms. The predicted molar refractivity (Wildman–Crippen MR) is 96.1 cm³/mol. The molecule has 0 spiro atoms. The molecule has 0 aliphatic carbocycles. The molecule has 128 valence electrons. The van der Waals surface area contributed by atoms with Gasteiger partial charge in [-0.2, -0.15) is 0 Å². The second-order valence-corrected chi connectivity index (χ2v) is 6.56. The van der Waals surface area contributed by atoms with Crippen molar-refractivity contribution in [3.8, 4) is 5.75 Å². The van der Waals surface area contributed by atoms with Crippen molar-refractivity contribution in [1.82, 2.24) is 14.7 Å². The van der Waals surface area contributed by atoms with Gasteiger partial charge in [0, 0.05) is 12.7 Å². The van der Waals surface area contributed by atoms with E-state index in [0.717, 1.165) is 47.7 Å². The first-order valence-electron chi connectivity index (χ1n) is 8.60. The zero-order chi connectivity index (χ0) is 17.4. The van der Waals surface area contributed by atoms with Crippen molar-refractivity contribution in [2.45, 2.75) is 33.2 Å². The third-order valence-electron chi connectivity index (χ3n) is 4.58. The molecule has 25 heavy (non-hydrogen) atoms. The summed E-state index contributed by atoms with van der Waals surface area (Å²) in [5, 5.41) is 3.02. The first-order valence-corrected chi connectivity index (χ1v) is 8.60. The van der Waals surface area contributed by atoms with Crippen molar-refractivity contribution in [3.63, 3.8) is 0 Å². The molecule has 1 aliphatic rings. The number of imidazole rings is 1. The number of nitrogens with zero attached hydrogens (tertiary/aromatic N) is 2. The molecule has 0 saturated carbocycles. The van der Waals surface area contributed by atoms with Gasteiger partial charge in [0.05, 0.1) is 12.3 Å². The van der Waals surface area contributed by atoms with E-state index in [0.29, 0.717) is 12.2 Å². The lowest BCUT2D eigenvalue weighted by atomic mass is 10.0. The van der Waals surface area contributed by atoms with Gasteiger partial charge < -0.3 is 10.1 Å². The van der Waals surface area contributed by atoms with Gasteiger partial charge >= 0.3 is 0 Å². The van der Waals surface area contributed by atoms with Gasteiger partial charge in [0.25, 0.3) is 5.91 Å². The van der Waals surface area contributed by atoms with Crippen LogP contribution in [0.4, 0.5) is 0 Å². The van der Waals surface area contributed by atoms with Crippen molar-refractivity contribution in [2.24, 2.45) is 0 Å². The maximum atomic E-state index is 12.7. The minimum absolute atomic E-state index is 0.107. The normalized spacial score (nSPS) is 13.4. The number of nitrogens with one attached hydrogen (secondary N) is 1. The Bertz CT molecular complexity index is 959. The molecule has 3 heterocycles. The largest absolute Gasteiger partial charge is 0.493 e. The molecule has 0 saturated heterocycles. The van der Waals surface area contributed by atoms with E-state index >= 15 is 0 Å². The lowest BCUT2D eigenvalue weighted by Crippen LogP contribution is -2.25. The van der Waals surface area contributed by atoms with Crippen LogP contribution in [0.5, 0.6) is 5.75 Å². The second kappa shape index (κ2) is 6.24. The zero-order valence-electron chi connectivity index (χ0n) is 14.5. The Balaban J connectivity index is 1.55. The highest BCUT2D eigenvalue weighted by Crippen LogP contribution is 2.25. The Morgan fingerprint density at radius 3 is 3.04 bits per heavy atom. The third kappa shape index (κ3) is 2.97. The Kier molecular flexibility index (Phi) is 3.92. The van der Waals surface area contributed by atoms with Gasteiger partial charge in [-0.25, -0.2) is 4.98 Å². The van der Waals surface area contributed by atoms with E-state index in [2.05, 4.69) is 16.4 Å². The summed E-state index contributed by atoms with van der Waals surface area (Å²) in [5.41, 5.74) is 5.52. The van der Waals surface area contributed by atoms with Gasteiger partial charge in [-0.3, -0.25) is 9.20 Å². The van der Waals surface area contributed by atoms with E-state index in [1.807, 2.05) is 48.7 Å². The van der Waals surface area contributed by atoms with Crippen molar-refractivity contribution in [2.75, 3.05) is 6.61 Å². The fraction of sp³-hybridized carbons (Fsp3) is 0.300. The van der Waals surface area contributed by atoms with Crippen LogP contribution in [0, 0.1) is 13.8 Å². The van der Waals surface area contributed by atoms with Gasteiger partial charge in [-0.1, -0.05) is 18.2 Å². The summed E-state index contributed by atoms with van der Waals surface area (Å²) >= 11 is 0. The third-order valence-corrected chi connectivity index (χ3v) is 4.58. The summed E-state index contributed by atoms with van der Waals surface area (Å²) < 4.78 is 7.50. The van der Waals surface area contributed by atoms with E-state index in [1.54, 1.807) is 0 Å². The summed E-state index contributed by atoms with van der Waals surface area (Å²) in [6, 6.07) is 10.1. The maximum absolute atomic E-state index is 12.7. The molecular formula is C20H21N3O2. The Morgan fingerprint density at radius 2 is 2.16 bits per heavy atom. The first-order chi connectivity index (χ1) is 12.1. The fourth-order valence-electron chi connectivity index (χ4n) is 3.33. The maximum Gasteiger partial charge on any atom is 0.270 e. The molecule has 0 fully saturated rings. The van der Waals surface area contributed by atoms with Crippen LogP contribution in [0.15, 0.2) is 36.5 Å². The Hall–Kier alpha value is -2.82. The molecule has 2 aromatic heterocycles. The van der Waals surface area contributed by atoms with Crippen molar-refractivity contribution < 1.29 is 9.53 Å². The second-order valence-electron chi connectivity index (χ2n) is 6.56. The summed E-state index contributed by atoms with van der Waals surface area (Å²) in [6.07, 6.45) is 4.02. The van der Waals surface area contributed by atoms with Gasteiger partial charge in [-0.15, -0.1) is 0 Å². The van der Waals surface area contributed by atoms with Gasteiger partial charge in [0.15, 0.2) is 0 Å². The summed E-state index contributed by atoms with van der Waals surface area (Å²) in [4.78, 5) is 17.2. The number of ether oxygens (including phenoxy) is 1. The quantitative estimate of drug-likeness (QED) is 0.800. The minimum atomic E-state index is -0.107. The van der Waals surface area contributed by atoms with E-state index in [-0.39, 0.29) is 5.91 Å². The Labute approximate surface area is 146 Å². The monoisotopic (exact) mass is 335 g/mol. The molecule has 0 radical (unpaired) electrons. The first kappa shape index (κ1) is 15.7. The number of rotatable bonds is 3. The molecule has 1 amide bonds. The number of aromatic nitrogens is 2. The number of carbonyl (C=O) groups is 1. The van der Waals surface area contributed by atoms with Crippen LogP contribution in [-0.4, -0.2) is 21.9 Å². The standard InChI is InChI=1S/C20H21N3O2/c1-13-5-8-18-22-14(2)19(23(18)12-13)20(24)21-11-15-6-7-17-16(10-15)4-3-9-25-17/h5-8,10,12H,3-4,9,11H2,1-2H3,(H,21,24). The lowest BCUT2D eigenvalue weighted by Gasteiger charge is -2.18. The van der Waals surface area contributed by atoms with Crippen LogP contribution in [0.1, 0.15) is 39.3 Å². The molecule has 4 rings (SSSR count). The van der Waals surface area contributed by atoms with E-state index < -0.39 is 0 Å². The molecule has 1 aliphatic heterocycles. The number of hydrogen-bond donors (Lipinski definition) is 1. The number of aryl methyl sites for hydroxylation is 3. The minimum Gasteiger partial charge on any atom is -0.493 e. The number of carbonyl (C=O) groups excluding carboxylic acids is 1. The molecule has 5 nitrogen and oxygen atoms in total. The molecule has 0 unspecified atom stereocenters. The van der Waals surface area contributed by atoms with Gasteiger partial charge in [0.2, 0.25) is 0 Å². The van der Waals surface area contributed by atoms with Crippen molar-refractivity contribution in [1.29, 1.82) is 0 Å². The van der Waals surface area contributed by atoms with Crippen LogP contribution in [0.2, 0.25) is 0 Å². The summed E-state index contributed by atoms with van der Waals surface area (Å²) in [7, 11) is 0. The van der Waals surface area contributed by atoms with E-state index in [9.17, 15) is 4.79 Å². The van der Waals surface area contributed by atoms with Crippen LogP contribution in [0.25, 0.3) is 5.65 Å². The van der Waals surface area contributed by atoms with E-state index in [4.69, 9.17) is 4.74 Å². The van der Waals surface area contributed by atoms with Crippen LogP contribution in [0.3, 0.4) is 0 Å². The molecular weight excluding hydrogens is 314 g/mol. The van der Waals surface area contributed by atoms with Gasteiger partial charge in [0.1, 0.15) is 17.1 Å². The van der Waals surface area contributed by atoms with Crippen molar-refractivity contribution >= 4 is 11.6 Å². The average molecular weight is 335 g/mol. The van der Waals surface area contributed by atoms with Crippen LogP contribution >= 0.6 is 0 Å². The fourth-order valence-corrected chi connectivity index (χ4v) is 3.33. The number of hydrogen-bond acceptors (Lipinski definition) is 3. The molecule has 5 heteroatoms. The van der Waals surface area contributed by atoms with Crippen LogP contribution in [-0.2, 0) is 13.0 Å². The number of benzene rings is 1. The smallest absolute Gasteiger partial charge is 0.270 e. The van der Waals surface area contributed by atoms with Crippen molar-refractivity contribution in [3.05, 3.63) is 64.6 Å². The highest BCUT2D eigenvalue weighted by atomic mass is 16.5. The van der Waals surface area contributed by atoms with E-state index in [1.165, 1.54) is 5.56 Å². The molecule has 1 N–H and O–H groups in total. The molecule has 0 atom stereocenters. The zero-order valence-corrected chi connectivity index (χ0v) is 14.5. The SMILES string of the molecule is Cc1ccc2nc(C)c(C(=O)NCc3ccc4c(c3)CCCO4)n2c1. The highest BCUT2D eigenvalue weighted by molar-refractivity contribution is 5.94. The molecule has 3 aromatic rings. The molecule has 1 aromatic carbocycles. The average Bonchev–Trinajstić information content (AvgIpc) is 2.94. The van der Waals surface area contributed by atoms with Crippen LogP contribution < -0.4 is 10.1 Å².